The van der Waals surface area contributed by atoms with Crippen LogP contribution in [0, 0.1) is 13.8 Å². The summed E-state index contributed by atoms with van der Waals surface area (Å²) in [6, 6.07) is 21.9. The zero-order valence-corrected chi connectivity index (χ0v) is 21.0. The van der Waals surface area contributed by atoms with Crippen molar-refractivity contribution in [2.24, 2.45) is 0 Å². The van der Waals surface area contributed by atoms with Gasteiger partial charge >= 0.3 is 0 Å². The number of hydrogen-bond acceptors (Lipinski definition) is 3. The van der Waals surface area contributed by atoms with Gasteiger partial charge in [0.15, 0.2) is 6.10 Å². The second kappa shape index (κ2) is 10.8. The van der Waals surface area contributed by atoms with Gasteiger partial charge in [-0.25, -0.2) is 0 Å². The summed E-state index contributed by atoms with van der Waals surface area (Å²) in [6.07, 6.45) is 1.18. The predicted molar refractivity (Wildman–Crippen MR) is 140 cm³/mol. The monoisotopic (exact) mass is 470 g/mol. The van der Waals surface area contributed by atoms with Crippen LogP contribution in [-0.2, 0) is 16.0 Å². The van der Waals surface area contributed by atoms with Crippen LogP contribution in [0.4, 0.5) is 5.69 Å². The Hall–Kier alpha value is -3.60. The smallest absolute Gasteiger partial charge is 0.265 e. The number of carbonyl (C=O) groups is 2. The quantitative estimate of drug-likeness (QED) is 0.462. The highest BCUT2D eigenvalue weighted by Crippen LogP contribution is 2.38. The molecule has 2 atom stereocenters. The number of benzene rings is 3. The Morgan fingerprint density at radius 3 is 2.26 bits per heavy atom. The molecule has 0 saturated heterocycles. The van der Waals surface area contributed by atoms with E-state index in [1.165, 1.54) is 11.1 Å². The molecular formula is C30H34N2O3. The molecule has 1 N–H and O–H groups in total. The molecule has 0 aliphatic carbocycles. The topological polar surface area (TPSA) is 58.6 Å². The fourth-order valence-electron chi connectivity index (χ4n) is 4.59. The first-order chi connectivity index (χ1) is 16.9. The van der Waals surface area contributed by atoms with E-state index in [0.29, 0.717) is 25.1 Å². The standard InChI is InChI=1S/C30H34N2O3/c1-5-27(30(34)31-24-14-9-21(4)10-15-24)35-25-16-13-22-17-18-32(28(33)6-2)29(26(22)19-25)23-11-7-20(3)8-12-23/h7-16,19,27,29H,5-6,17-18H2,1-4H3,(H,31,34)/t27-,29-/m0/s1. The number of nitrogens with one attached hydrogen (secondary N) is 1. The van der Waals surface area contributed by atoms with E-state index in [4.69, 9.17) is 4.74 Å². The Labute approximate surface area is 208 Å². The van der Waals surface area contributed by atoms with E-state index in [2.05, 4.69) is 42.6 Å². The molecule has 3 aromatic rings. The maximum Gasteiger partial charge on any atom is 0.265 e. The minimum Gasteiger partial charge on any atom is -0.481 e. The third-order valence-corrected chi connectivity index (χ3v) is 6.62. The third-order valence-electron chi connectivity index (χ3n) is 6.62. The molecule has 0 unspecified atom stereocenters. The summed E-state index contributed by atoms with van der Waals surface area (Å²) < 4.78 is 6.20. The molecule has 5 heteroatoms. The number of anilines is 1. The maximum atomic E-state index is 12.9. The van der Waals surface area contributed by atoms with E-state index in [1.54, 1.807) is 0 Å². The summed E-state index contributed by atoms with van der Waals surface area (Å²) in [5, 5.41) is 2.96. The molecule has 4 rings (SSSR count). The van der Waals surface area contributed by atoms with Gasteiger partial charge in [0.05, 0.1) is 6.04 Å². The fraction of sp³-hybridized carbons (Fsp3) is 0.333. The number of carbonyl (C=O) groups excluding carboxylic acids is 2. The highest BCUT2D eigenvalue weighted by Gasteiger charge is 2.32. The molecule has 0 aromatic heterocycles. The van der Waals surface area contributed by atoms with E-state index >= 15 is 0 Å². The molecule has 35 heavy (non-hydrogen) atoms. The van der Waals surface area contributed by atoms with Crippen molar-refractivity contribution in [1.29, 1.82) is 0 Å². The second-order valence-corrected chi connectivity index (χ2v) is 9.23. The van der Waals surface area contributed by atoms with Crippen molar-refractivity contribution in [3.8, 4) is 5.75 Å². The summed E-state index contributed by atoms with van der Waals surface area (Å²) >= 11 is 0. The van der Waals surface area contributed by atoms with Gasteiger partial charge < -0.3 is 15.0 Å². The number of amides is 2. The Kier molecular flexibility index (Phi) is 7.54. The molecule has 0 spiro atoms. The van der Waals surface area contributed by atoms with Gasteiger partial charge in [-0.2, -0.15) is 0 Å². The van der Waals surface area contributed by atoms with Crippen molar-refractivity contribution in [2.75, 3.05) is 11.9 Å². The highest BCUT2D eigenvalue weighted by atomic mass is 16.5. The zero-order chi connectivity index (χ0) is 24.9. The molecule has 2 amide bonds. The van der Waals surface area contributed by atoms with Crippen molar-refractivity contribution >= 4 is 17.5 Å². The van der Waals surface area contributed by atoms with Crippen LogP contribution in [0.15, 0.2) is 66.7 Å². The number of nitrogens with zero attached hydrogens (tertiary/aromatic N) is 1. The lowest BCUT2D eigenvalue weighted by atomic mass is 9.87. The molecule has 5 nitrogen and oxygen atoms in total. The number of fused-ring (bicyclic) bond motifs is 1. The van der Waals surface area contributed by atoms with Gasteiger partial charge in [0, 0.05) is 18.7 Å². The summed E-state index contributed by atoms with van der Waals surface area (Å²) in [4.78, 5) is 27.8. The fourth-order valence-corrected chi connectivity index (χ4v) is 4.59. The normalized spacial score (nSPS) is 15.8. The molecule has 182 valence electrons. The Morgan fingerprint density at radius 2 is 1.63 bits per heavy atom. The van der Waals surface area contributed by atoms with Gasteiger partial charge in [-0.05, 0) is 67.6 Å². The van der Waals surface area contributed by atoms with Crippen molar-refractivity contribution in [3.63, 3.8) is 0 Å². The average Bonchev–Trinajstić information content (AvgIpc) is 2.87. The molecule has 0 fully saturated rings. The van der Waals surface area contributed by atoms with Crippen LogP contribution < -0.4 is 10.1 Å². The Bertz CT molecular complexity index is 1190. The van der Waals surface area contributed by atoms with Gasteiger partial charge in [0.2, 0.25) is 5.91 Å². The van der Waals surface area contributed by atoms with Crippen LogP contribution in [0.2, 0.25) is 0 Å². The minimum atomic E-state index is -0.621. The van der Waals surface area contributed by atoms with E-state index < -0.39 is 6.10 Å². The predicted octanol–water partition coefficient (Wildman–Crippen LogP) is 5.98. The Morgan fingerprint density at radius 1 is 0.971 bits per heavy atom. The maximum absolute atomic E-state index is 12.9. The van der Waals surface area contributed by atoms with E-state index in [-0.39, 0.29) is 17.9 Å². The van der Waals surface area contributed by atoms with Gasteiger partial charge in [-0.1, -0.05) is 67.4 Å². The first-order valence-electron chi connectivity index (χ1n) is 12.4. The largest absolute Gasteiger partial charge is 0.481 e. The van der Waals surface area contributed by atoms with Crippen molar-refractivity contribution in [3.05, 3.63) is 94.5 Å². The Balaban J connectivity index is 1.61. The van der Waals surface area contributed by atoms with Crippen LogP contribution >= 0.6 is 0 Å². The molecule has 0 bridgehead atoms. The van der Waals surface area contributed by atoms with E-state index in [0.717, 1.165) is 28.8 Å². The first-order valence-corrected chi connectivity index (χ1v) is 12.4. The van der Waals surface area contributed by atoms with Crippen molar-refractivity contribution in [1.82, 2.24) is 4.90 Å². The number of aryl methyl sites for hydroxylation is 2. The number of ether oxygens (including phenoxy) is 1. The molecule has 1 aliphatic heterocycles. The van der Waals surface area contributed by atoms with Gasteiger partial charge in [-0.3, -0.25) is 9.59 Å². The molecular weight excluding hydrogens is 436 g/mol. The molecule has 1 aliphatic rings. The molecule has 1 heterocycles. The number of rotatable bonds is 7. The van der Waals surface area contributed by atoms with Gasteiger partial charge in [0.25, 0.3) is 5.91 Å². The van der Waals surface area contributed by atoms with Crippen LogP contribution in [0.3, 0.4) is 0 Å². The minimum absolute atomic E-state index is 0.136. The summed E-state index contributed by atoms with van der Waals surface area (Å²) in [5.74, 6) is 0.598. The van der Waals surface area contributed by atoms with E-state index in [1.807, 2.05) is 62.1 Å². The van der Waals surface area contributed by atoms with Crippen LogP contribution in [0.1, 0.15) is 60.5 Å². The second-order valence-electron chi connectivity index (χ2n) is 9.23. The molecule has 0 radical (unpaired) electrons. The summed E-state index contributed by atoms with van der Waals surface area (Å²) in [6.45, 7) is 8.61. The highest BCUT2D eigenvalue weighted by molar-refractivity contribution is 5.94. The third kappa shape index (κ3) is 5.56. The van der Waals surface area contributed by atoms with Crippen molar-refractivity contribution < 1.29 is 14.3 Å². The lowest BCUT2D eigenvalue weighted by Gasteiger charge is -2.38. The van der Waals surface area contributed by atoms with Crippen molar-refractivity contribution in [2.45, 2.75) is 59.1 Å². The molecule has 0 saturated carbocycles. The van der Waals surface area contributed by atoms with Crippen LogP contribution in [0.5, 0.6) is 5.75 Å². The van der Waals surface area contributed by atoms with Gasteiger partial charge in [-0.15, -0.1) is 0 Å². The lowest BCUT2D eigenvalue weighted by Crippen LogP contribution is -2.40. The lowest BCUT2D eigenvalue weighted by molar-refractivity contribution is -0.133. The zero-order valence-electron chi connectivity index (χ0n) is 21.0. The summed E-state index contributed by atoms with van der Waals surface area (Å²) in [5.41, 5.74) is 6.43. The van der Waals surface area contributed by atoms with E-state index in [9.17, 15) is 9.59 Å². The van der Waals surface area contributed by atoms with Crippen LogP contribution in [0.25, 0.3) is 0 Å². The van der Waals surface area contributed by atoms with Crippen LogP contribution in [-0.4, -0.2) is 29.4 Å². The first kappa shape index (κ1) is 24.5. The average molecular weight is 471 g/mol. The molecule has 3 aromatic carbocycles. The summed E-state index contributed by atoms with van der Waals surface area (Å²) in [7, 11) is 0. The van der Waals surface area contributed by atoms with Gasteiger partial charge in [0.1, 0.15) is 5.75 Å². The SMILES string of the molecule is CCC(=O)N1CCc2ccc(O[C@@H](CC)C(=O)Nc3ccc(C)cc3)cc2[C@@H]1c1ccc(C)cc1. The number of hydrogen-bond donors (Lipinski definition) is 1.